The summed E-state index contributed by atoms with van der Waals surface area (Å²) in [4.78, 5) is 28.0. The smallest absolute Gasteiger partial charge is 0.257 e. The van der Waals surface area contributed by atoms with Crippen molar-refractivity contribution in [3.05, 3.63) is 78.6 Å². The molecule has 2 amide bonds. The van der Waals surface area contributed by atoms with Crippen LogP contribution in [0.4, 0.5) is 5.69 Å². The van der Waals surface area contributed by atoms with E-state index in [0.717, 1.165) is 0 Å². The highest BCUT2D eigenvalue weighted by Gasteiger charge is 2.08. The number of nitrogens with zero attached hydrogens (tertiary/aromatic N) is 1. The Morgan fingerprint density at radius 3 is 2.48 bits per heavy atom. The lowest BCUT2D eigenvalue weighted by molar-refractivity contribution is -0.122. The molecule has 7 heteroatoms. The van der Waals surface area contributed by atoms with Gasteiger partial charge in [-0.25, -0.2) is 0 Å². The van der Waals surface area contributed by atoms with Crippen molar-refractivity contribution in [3.8, 4) is 17.2 Å². The molecule has 3 aromatic rings. The predicted octanol–water partition coefficient (Wildman–Crippen LogP) is 3.64. The van der Waals surface area contributed by atoms with Crippen molar-refractivity contribution >= 4 is 17.5 Å². The van der Waals surface area contributed by atoms with E-state index in [0.29, 0.717) is 35.0 Å². The van der Waals surface area contributed by atoms with E-state index in [1.54, 1.807) is 73.1 Å². The van der Waals surface area contributed by atoms with Gasteiger partial charge in [0, 0.05) is 30.1 Å². The molecule has 0 fully saturated rings. The highest BCUT2D eigenvalue weighted by Crippen LogP contribution is 2.22. The van der Waals surface area contributed by atoms with Gasteiger partial charge in [-0.2, -0.15) is 0 Å². The van der Waals surface area contributed by atoms with Gasteiger partial charge < -0.3 is 20.1 Å². The molecule has 0 radical (unpaired) electrons. The maximum atomic E-state index is 12.5. The quantitative estimate of drug-likeness (QED) is 0.612. The molecular formula is C22H21N3O4. The predicted molar refractivity (Wildman–Crippen MR) is 109 cm³/mol. The van der Waals surface area contributed by atoms with Crippen LogP contribution in [-0.2, 0) is 4.79 Å². The molecule has 7 nitrogen and oxygen atoms in total. The molecule has 0 atom stereocenters. The van der Waals surface area contributed by atoms with Gasteiger partial charge in [0.2, 0.25) is 0 Å². The Balaban J connectivity index is 1.58. The molecule has 2 aromatic carbocycles. The van der Waals surface area contributed by atoms with Crippen molar-refractivity contribution in [1.82, 2.24) is 10.3 Å². The third-order valence-corrected chi connectivity index (χ3v) is 3.82. The van der Waals surface area contributed by atoms with Crippen LogP contribution in [0.25, 0.3) is 0 Å². The number of aromatic nitrogens is 1. The lowest BCUT2D eigenvalue weighted by Crippen LogP contribution is -2.28. The van der Waals surface area contributed by atoms with Crippen LogP contribution in [0.15, 0.2) is 73.1 Å². The van der Waals surface area contributed by atoms with Crippen LogP contribution >= 0.6 is 0 Å². The van der Waals surface area contributed by atoms with Crippen molar-refractivity contribution in [1.29, 1.82) is 0 Å². The molecule has 3 rings (SSSR count). The number of pyridine rings is 1. The largest absolute Gasteiger partial charge is 0.484 e. The maximum absolute atomic E-state index is 12.5. The minimum atomic E-state index is -0.265. The van der Waals surface area contributed by atoms with E-state index in [1.165, 1.54) is 0 Å². The first-order valence-electron chi connectivity index (χ1n) is 9.13. The van der Waals surface area contributed by atoms with Crippen molar-refractivity contribution in [2.45, 2.75) is 6.92 Å². The van der Waals surface area contributed by atoms with Gasteiger partial charge >= 0.3 is 0 Å². The lowest BCUT2D eigenvalue weighted by atomic mass is 10.2. The van der Waals surface area contributed by atoms with E-state index < -0.39 is 0 Å². The number of carbonyl (C=O) groups excluding carboxylic acids is 2. The highest BCUT2D eigenvalue weighted by atomic mass is 16.5. The number of hydrogen-bond donors (Lipinski definition) is 2. The number of rotatable bonds is 8. The molecule has 0 aliphatic rings. The van der Waals surface area contributed by atoms with Gasteiger partial charge in [0.25, 0.3) is 11.8 Å². The third kappa shape index (κ3) is 6.07. The highest BCUT2D eigenvalue weighted by molar-refractivity contribution is 6.04. The molecule has 0 saturated heterocycles. The zero-order valence-electron chi connectivity index (χ0n) is 15.9. The van der Waals surface area contributed by atoms with E-state index in [4.69, 9.17) is 9.47 Å². The summed E-state index contributed by atoms with van der Waals surface area (Å²) in [7, 11) is 0. The summed E-state index contributed by atoms with van der Waals surface area (Å²) >= 11 is 0. The first-order chi connectivity index (χ1) is 14.1. The van der Waals surface area contributed by atoms with Crippen molar-refractivity contribution in [3.63, 3.8) is 0 Å². The summed E-state index contributed by atoms with van der Waals surface area (Å²) < 4.78 is 11.1. The van der Waals surface area contributed by atoms with Gasteiger partial charge in [-0.1, -0.05) is 6.07 Å². The van der Waals surface area contributed by atoms with Crippen LogP contribution in [0.3, 0.4) is 0 Å². The monoisotopic (exact) mass is 391 g/mol. The fourth-order valence-electron chi connectivity index (χ4n) is 2.48. The summed E-state index contributed by atoms with van der Waals surface area (Å²) in [6.45, 7) is 2.31. The van der Waals surface area contributed by atoms with E-state index in [2.05, 4.69) is 15.6 Å². The molecule has 0 aliphatic heterocycles. The molecule has 0 unspecified atom stereocenters. The van der Waals surface area contributed by atoms with Crippen LogP contribution in [0.2, 0.25) is 0 Å². The maximum Gasteiger partial charge on any atom is 0.257 e. The molecule has 0 bridgehead atoms. The van der Waals surface area contributed by atoms with Gasteiger partial charge in [0.15, 0.2) is 6.61 Å². The van der Waals surface area contributed by atoms with Crippen molar-refractivity contribution in [2.24, 2.45) is 0 Å². The molecule has 2 N–H and O–H groups in total. The molecule has 1 heterocycles. The van der Waals surface area contributed by atoms with Gasteiger partial charge in [0.1, 0.15) is 17.2 Å². The number of nitrogens with one attached hydrogen (secondary N) is 2. The fraction of sp³-hybridized carbons (Fsp3) is 0.136. The molecule has 1 aromatic heterocycles. The van der Waals surface area contributed by atoms with E-state index in [-0.39, 0.29) is 18.4 Å². The SMILES string of the molecule is CCNC(=O)COc1cccc(NC(=O)c2ccc(Oc3cccnc3)cc2)c1. The number of carbonyl (C=O) groups is 2. The Hall–Kier alpha value is -3.87. The summed E-state index contributed by atoms with van der Waals surface area (Å²) in [6.07, 6.45) is 3.28. The minimum Gasteiger partial charge on any atom is -0.484 e. The molecule has 148 valence electrons. The average molecular weight is 391 g/mol. The van der Waals surface area contributed by atoms with Gasteiger partial charge in [-0.05, 0) is 55.5 Å². The van der Waals surface area contributed by atoms with Crippen LogP contribution in [0.1, 0.15) is 17.3 Å². The van der Waals surface area contributed by atoms with Crippen molar-refractivity contribution in [2.75, 3.05) is 18.5 Å². The minimum absolute atomic E-state index is 0.0797. The zero-order chi connectivity index (χ0) is 20.5. The molecule has 29 heavy (non-hydrogen) atoms. The lowest BCUT2D eigenvalue weighted by Gasteiger charge is -2.10. The Bertz CT molecular complexity index is 959. The van der Waals surface area contributed by atoms with E-state index >= 15 is 0 Å². The average Bonchev–Trinajstić information content (AvgIpc) is 2.74. The van der Waals surface area contributed by atoms with Crippen molar-refractivity contribution < 1.29 is 19.1 Å². The Morgan fingerprint density at radius 2 is 1.76 bits per heavy atom. The van der Waals surface area contributed by atoms with Crippen LogP contribution in [0, 0.1) is 0 Å². The number of hydrogen-bond acceptors (Lipinski definition) is 5. The van der Waals surface area contributed by atoms with Gasteiger partial charge in [-0.3, -0.25) is 14.6 Å². The van der Waals surface area contributed by atoms with Gasteiger partial charge in [-0.15, -0.1) is 0 Å². The molecule has 0 saturated carbocycles. The Labute approximate surface area is 168 Å². The molecule has 0 aliphatic carbocycles. The standard InChI is InChI=1S/C22H21N3O4/c1-2-24-21(26)15-28-19-6-3-5-17(13-19)25-22(27)16-8-10-18(11-9-16)29-20-7-4-12-23-14-20/h3-14H,2,15H2,1H3,(H,24,26)(H,25,27). The summed E-state index contributed by atoms with van der Waals surface area (Å²) in [5, 5.41) is 5.47. The first-order valence-corrected chi connectivity index (χ1v) is 9.13. The number of benzene rings is 2. The zero-order valence-corrected chi connectivity index (χ0v) is 15.9. The molecular weight excluding hydrogens is 370 g/mol. The number of anilines is 1. The first kappa shape index (κ1) is 19.9. The van der Waals surface area contributed by atoms with E-state index in [1.807, 2.05) is 6.92 Å². The Morgan fingerprint density at radius 1 is 0.966 bits per heavy atom. The summed E-state index contributed by atoms with van der Waals surface area (Å²) in [5.74, 6) is 1.26. The topological polar surface area (TPSA) is 89.6 Å². The van der Waals surface area contributed by atoms with Gasteiger partial charge in [0.05, 0.1) is 6.20 Å². The second-order valence-electron chi connectivity index (χ2n) is 6.04. The van der Waals surface area contributed by atoms with Crippen LogP contribution < -0.4 is 20.1 Å². The van der Waals surface area contributed by atoms with E-state index in [9.17, 15) is 9.59 Å². The second-order valence-corrected chi connectivity index (χ2v) is 6.04. The molecule has 0 spiro atoms. The fourth-order valence-corrected chi connectivity index (χ4v) is 2.48. The second kappa shape index (κ2) is 9.89. The Kier molecular flexibility index (Phi) is 6.78. The summed E-state index contributed by atoms with van der Waals surface area (Å²) in [6, 6.07) is 17.2. The van der Waals surface area contributed by atoms with Crippen LogP contribution in [-0.4, -0.2) is 29.9 Å². The summed E-state index contributed by atoms with van der Waals surface area (Å²) in [5.41, 5.74) is 1.05. The normalized spacial score (nSPS) is 10.1. The third-order valence-electron chi connectivity index (χ3n) is 3.82. The number of ether oxygens (including phenoxy) is 2. The number of likely N-dealkylation sites (N-methyl/N-ethyl adjacent to an activating group) is 1. The number of amides is 2. The van der Waals surface area contributed by atoms with Crippen LogP contribution in [0.5, 0.6) is 17.2 Å².